The Balaban J connectivity index is 1.96. The Labute approximate surface area is 150 Å². The zero-order valence-corrected chi connectivity index (χ0v) is 14.9. The van der Waals surface area contributed by atoms with Crippen molar-refractivity contribution in [3.63, 3.8) is 0 Å². The van der Waals surface area contributed by atoms with Crippen LogP contribution in [0.15, 0.2) is 0 Å². The van der Waals surface area contributed by atoms with Crippen LogP contribution in [0.4, 0.5) is 0 Å². The summed E-state index contributed by atoms with van der Waals surface area (Å²) in [5, 5.41) is 48.4. The van der Waals surface area contributed by atoms with Gasteiger partial charge in [0.05, 0.1) is 13.2 Å². The van der Waals surface area contributed by atoms with Crippen LogP contribution >= 0.6 is 0 Å². The molecule has 0 aliphatic carbocycles. The zero-order chi connectivity index (χ0) is 19.4. The number of hydrogen-bond acceptors (Lipinski definition) is 11. The zero-order valence-electron chi connectivity index (χ0n) is 14.9. The third-order valence-corrected chi connectivity index (χ3v) is 4.69. The molecule has 0 aromatic rings. The molecule has 0 aromatic carbocycles. The van der Waals surface area contributed by atoms with E-state index in [0.717, 1.165) is 0 Å². The summed E-state index contributed by atoms with van der Waals surface area (Å²) in [7, 11) is 4.27. The van der Waals surface area contributed by atoms with E-state index >= 15 is 0 Å². The molecule has 154 valence electrons. The van der Waals surface area contributed by atoms with Crippen molar-refractivity contribution >= 4 is 0 Å². The topological polar surface area (TPSA) is 157 Å². The summed E-state index contributed by atoms with van der Waals surface area (Å²) in [6, 6.07) is 0. The van der Waals surface area contributed by atoms with Crippen molar-refractivity contribution in [2.75, 3.05) is 34.5 Å². The van der Waals surface area contributed by atoms with Gasteiger partial charge in [-0.1, -0.05) is 0 Å². The van der Waals surface area contributed by atoms with E-state index < -0.39 is 68.0 Å². The first kappa shape index (κ1) is 21.9. The highest BCUT2D eigenvalue weighted by atomic mass is 16.7. The highest BCUT2D eigenvalue weighted by molar-refractivity contribution is 4.94. The third kappa shape index (κ3) is 4.34. The fourth-order valence-corrected chi connectivity index (χ4v) is 3.20. The Kier molecular flexibility index (Phi) is 8.12. The number of methoxy groups -OCH3 is 3. The quantitative estimate of drug-likeness (QED) is 0.269. The van der Waals surface area contributed by atoms with E-state index in [1.54, 1.807) is 0 Å². The van der Waals surface area contributed by atoms with Crippen molar-refractivity contribution in [1.29, 1.82) is 0 Å². The molecule has 0 aromatic heterocycles. The second kappa shape index (κ2) is 9.66. The summed E-state index contributed by atoms with van der Waals surface area (Å²) < 4.78 is 32.0. The summed E-state index contributed by atoms with van der Waals surface area (Å²) in [6.45, 7) is -0.760. The minimum atomic E-state index is -1.42. The largest absolute Gasteiger partial charge is 0.394 e. The predicted molar refractivity (Wildman–Crippen MR) is 83.0 cm³/mol. The molecule has 0 spiro atoms. The summed E-state index contributed by atoms with van der Waals surface area (Å²) in [4.78, 5) is 0. The van der Waals surface area contributed by atoms with Crippen LogP contribution in [0, 0.1) is 0 Å². The van der Waals surface area contributed by atoms with E-state index in [2.05, 4.69) is 0 Å². The second-order valence-electron chi connectivity index (χ2n) is 6.20. The molecule has 2 saturated heterocycles. The van der Waals surface area contributed by atoms with Crippen molar-refractivity contribution < 1.29 is 54.0 Å². The standard InChI is InChI=1S/C15H28O11/c1-21-7(11-12(22-2)13(23-3)14(20)25-11)5-24-15-9(19)8(18)10(26-15)6(17)4-16/h6-20H,4-5H2,1-3H3/t6-,7-,8+,9+,10-,11-,12-,13+,14+,15+/m0/s1. The first-order valence-electron chi connectivity index (χ1n) is 8.23. The Hall–Kier alpha value is -0.440. The van der Waals surface area contributed by atoms with Gasteiger partial charge in [0.15, 0.2) is 12.6 Å². The summed E-state index contributed by atoms with van der Waals surface area (Å²) >= 11 is 0. The normalized spacial score (nSPS) is 42.9. The van der Waals surface area contributed by atoms with Gasteiger partial charge in [-0.3, -0.25) is 0 Å². The molecule has 2 aliphatic heterocycles. The molecule has 2 fully saturated rings. The van der Waals surface area contributed by atoms with Crippen molar-refractivity contribution in [2.24, 2.45) is 0 Å². The molecular formula is C15H28O11. The highest BCUT2D eigenvalue weighted by Gasteiger charge is 2.50. The molecule has 11 heteroatoms. The fourth-order valence-electron chi connectivity index (χ4n) is 3.20. The summed E-state index contributed by atoms with van der Waals surface area (Å²) in [5.74, 6) is 0. The molecular weight excluding hydrogens is 356 g/mol. The SMILES string of the molecule is CO[C@@H]1[C@@H](OC)[C@H](O)O[C@H]1[C@H](CO[C@@H]1O[C@@H]([C@@H](O)CO)[C@H](O)[C@H]1O)OC. The Morgan fingerprint density at radius 2 is 1.58 bits per heavy atom. The highest BCUT2D eigenvalue weighted by Crippen LogP contribution is 2.29. The Bertz CT molecular complexity index is 424. The van der Waals surface area contributed by atoms with Crippen molar-refractivity contribution in [3.8, 4) is 0 Å². The molecule has 2 aliphatic rings. The minimum Gasteiger partial charge on any atom is -0.394 e. The van der Waals surface area contributed by atoms with Gasteiger partial charge in [-0.15, -0.1) is 0 Å². The third-order valence-electron chi connectivity index (χ3n) is 4.69. The molecule has 2 heterocycles. The Morgan fingerprint density at radius 1 is 0.923 bits per heavy atom. The maximum atomic E-state index is 9.99. The molecule has 0 amide bonds. The predicted octanol–water partition coefficient (Wildman–Crippen LogP) is -3.43. The van der Waals surface area contributed by atoms with Crippen LogP contribution in [0.1, 0.15) is 0 Å². The van der Waals surface area contributed by atoms with Gasteiger partial charge in [0, 0.05) is 21.3 Å². The van der Waals surface area contributed by atoms with E-state index in [-0.39, 0.29) is 6.61 Å². The number of rotatable bonds is 9. The minimum absolute atomic E-state index is 0.124. The monoisotopic (exact) mass is 384 g/mol. The average Bonchev–Trinajstić information content (AvgIpc) is 3.12. The number of ether oxygens (including phenoxy) is 6. The molecule has 0 radical (unpaired) electrons. The van der Waals surface area contributed by atoms with Gasteiger partial charge < -0.3 is 54.0 Å². The lowest BCUT2D eigenvalue weighted by atomic mass is 10.1. The molecule has 10 atom stereocenters. The summed E-state index contributed by atoms with van der Waals surface area (Å²) in [5.41, 5.74) is 0. The van der Waals surface area contributed by atoms with Crippen LogP contribution in [0.25, 0.3) is 0 Å². The van der Waals surface area contributed by atoms with E-state index in [4.69, 9.17) is 33.5 Å². The lowest BCUT2D eigenvalue weighted by Crippen LogP contribution is -2.45. The molecule has 11 nitrogen and oxygen atoms in total. The lowest BCUT2D eigenvalue weighted by molar-refractivity contribution is -0.210. The van der Waals surface area contributed by atoms with Gasteiger partial charge in [0.25, 0.3) is 0 Å². The van der Waals surface area contributed by atoms with Crippen LogP contribution in [-0.2, 0) is 28.4 Å². The molecule has 5 N–H and O–H groups in total. The first-order valence-corrected chi connectivity index (χ1v) is 8.23. The van der Waals surface area contributed by atoms with Crippen LogP contribution in [0.5, 0.6) is 0 Å². The maximum Gasteiger partial charge on any atom is 0.186 e. The van der Waals surface area contributed by atoms with E-state index in [1.165, 1.54) is 21.3 Å². The molecule has 2 rings (SSSR count). The van der Waals surface area contributed by atoms with E-state index in [9.17, 15) is 20.4 Å². The van der Waals surface area contributed by atoms with Crippen molar-refractivity contribution in [1.82, 2.24) is 0 Å². The van der Waals surface area contributed by atoms with Crippen LogP contribution < -0.4 is 0 Å². The lowest BCUT2D eigenvalue weighted by Gasteiger charge is -2.28. The van der Waals surface area contributed by atoms with Crippen molar-refractivity contribution in [3.05, 3.63) is 0 Å². The van der Waals surface area contributed by atoms with Crippen LogP contribution in [0.2, 0.25) is 0 Å². The summed E-state index contributed by atoms with van der Waals surface area (Å²) in [6.07, 6.45) is -10.6. The molecule has 0 saturated carbocycles. The van der Waals surface area contributed by atoms with Gasteiger partial charge >= 0.3 is 0 Å². The Morgan fingerprint density at radius 3 is 2.12 bits per heavy atom. The second-order valence-corrected chi connectivity index (χ2v) is 6.20. The molecule has 26 heavy (non-hydrogen) atoms. The number of hydrogen-bond donors (Lipinski definition) is 5. The van der Waals surface area contributed by atoms with Gasteiger partial charge in [-0.25, -0.2) is 0 Å². The number of aliphatic hydroxyl groups excluding tert-OH is 5. The first-order chi connectivity index (χ1) is 12.4. The maximum absolute atomic E-state index is 9.99. The van der Waals surface area contributed by atoms with Crippen molar-refractivity contribution in [2.45, 2.75) is 61.4 Å². The van der Waals surface area contributed by atoms with E-state index in [0.29, 0.717) is 0 Å². The average molecular weight is 384 g/mol. The van der Waals surface area contributed by atoms with Gasteiger partial charge in [-0.2, -0.15) is 0 Å². The van der Waals surface area contributed by atoms with E-state index in [1.807, 2.05) is 0 Å². The smallest absolute Gasteiger partial charge is 0.186 e. The number of aliphatic hydroxyl groups is 5. The van der Waals surface area contributed by atoms with Gasteiger partial charge in [0.1, 0.15) is 48.8 Å². The van der Waals surface area contributed by atoms with Crippen LogP contribution in [-0.4, -0.2) is 121 Å². The van der Waals surface area contributed by atoms with Gasteiger partial charge in [-0.05, 0) is 0 Å². The van der Waals surface area contributed by atoms with Crippen LogP contribution in [0.3, 0.4) is 0 Å². The van der Waals surface area contributed by atoms with Gasteiger partial charge in [0.2, 0.25) is 0 Å². The molecule has 0 unspecified atom stereocenters. The molecule has 0 bridgehead atoms. The fraction of sp³-hybridized carbons (Fsp3) is 1.00.